The van der Waals surface area contributed by atoms with Gasteiger partial charge < -0.3 is 10.2 Å². The van der Waals surface area contributed by atoms with Crippen LogP contribution in [0.15, 0.2) is 12.4 Å². The van der Waals surface area contributed by atoms with E-state index in [1.165, 1.54) is 0 Å². The summed E-state index contributed by atoms with van der Waals surface area (Å²) in [4.78, 5) is 0. The average molecular weight is 212 g/mol. The van der Waals surface area contributed by atoms with Crippen LogP contribution in [-0.2, 0) is 6.54 Å². The molecule has 0 bridgehead atoms. The van der Waals surface area contributed by atoms with E-state index in [9.17, 15) is 10.2 Å². The Morgan fingerprint density at radius 2 is 2.07 bits per heavy atom. The molecule has 0 aromatic carbocycles. The third-order valence-corrected chi connectivity index (χ3v) is 2.45. The van der Waals surface area contributed by atoms with Gasteiger partial charge in [0.05, 0.1) is 12.3 Å². The number of aliphatic hydroxyl groups excluding tert-OH is 2. The second kappa shape index (κ2) is 5.28. The van der Waals surface area contributed by atoms with Crippen LogP contribution < -0.4 is 0 Å². The monoisotopic (exact) mass is 212 g/mol. The quantitative estimate of drug-likeness (QED) is 0.774. The molecule has 2 unspecified atom stereocenters. The van der Waals surface area contributed by atoms with Crippen LogP contribution in [0.5, 0.6) is 0 Å². The smallest absolute Gasteiger partial charge is 0.108 e. The van der Waals surface area contributed by atoms with Gasteiger partial charge in [-0.15, -0.1) is 0 Å². The average Bonchev–Trinajstić information content (AvgIpc) is 2.64. The van der Waals surface area contributed by atoms with Gasteiger partial charge in [-0.1, -0.05) is 20.8 Å². The summed E-state index contributed by atoms with van der Waals surface area (Å²) < 4.78 is 1.78. The molecular formula is C11H20N2O2. The Kier molecular flexibility index (Phi) is 4.29. The molecule has 86 valence electrons. The van der Waals surface area contributed by atoms with Crippen LogP contribution in [0.4, 0.5) is 0 Å². The number of aryl methyl sites for hydroxylation is 1. The van der Waals surface area contributed by atoms with E-state index in [-0.39, 0.29) is 5.92 Å². The lowest BCUT2D eigenvalue weighted by atomic mass is 9.98. The van der Waals surface area contributed by atoms with Crippen LogP contribution >= 0.6 is 0 Å². The summed E-state index contributed by atoms with van der Waals surface area (Å²) in [6, 6.07) is 0. The molecule has 0 amide bonds. The Labute approximate surface area is 90.5 Å². The topological polar surface area (TPSA) is 58.3 Å². The summed E-state index contributed by atoms with van der Waals surface area (Å²) in [6.07, 6.45) is 2.84. The van der Waals surface area contributed by atoms with Crippen LogP contribution in [0.3, 0.4) is 0 Å². The fourth-order valence-corrected chi connectivity index (χ4v) is 1.45. The molecule has 1 rings (SSSR count). The van der Waals surface area contributed by atoms with Crippen molar-refractivity contribution in [3.8, 4) is 0 Å². The number of rotatable bonds is 5. The molecule has 0 spiro atoms. The van der Waals surface area contributed by atoms with E-state index in [4.69, 9.17) is 0 Å². The number of aromatic nitrogens is 2. The highest BCUT2D eigenvalue weighted by molar-refractivity contribution is 5.09. The molecule has 1 aromatic heterocycles. The Bertz CT molecular complexity index is 297. The first-order valence-electron chi connectivity index (χ1n) is 5.44. The van der Waals surface area contributed by atoms with Crippen molar-refractivity contribution in [2.45, 2.75) is 45.9 Å². The zero-order valence-electron chi connectivity index (χ0n) is 9.59. The van der Waals surface area contributed by atoms with Crippen molar-refractivity contribution in [1.82, 2.24) is 9.78 Å². The van der Waals surface area contributed by atoms with Gasteiger partial charge in [0, 0.05) is 18.3 Å². The van der Waals surface area contributed by atoms with E-state index < -0.39 is 12.2 Å². The number of nitrogens with zero attached hydrogens (tertiary/aromatic N) is 2. The highest BCUT2D eigenvalue weighted by atomic mass is 16.3. The Balaban J connectivity index is 2.69. The minimum Gasteiger partial charge on any atom is -0.390 e. The maximum atomic E-state index is 9.84. The summed E-state index contributed by atoms with van der Waals surface area (Å²) >= 11 is 0. The van der Waals surface area contributed by atoms with Crippen molar-refractivity contribution in [2.75, 3.05) is 0 Å². The Morgan fingerprint density at radius 3 is 2.60 bits per heavy atom. The zero-order valence-corrected chi connectivity index (χ0v) is 9.59. The second-order valence-electron chi connectivity index (χ2n) is 4.22. The molecule has 2 N–H and O–H groups in total. The molecule has 0 aliphatic rings. The lowest BCUT2D eigenvalue weighted by Crippen LogP contribution is -2.23. The van der Waals surface area contributed by atoms with Crippen molar-refractivity contribution < 1.29 is 10.2 Å². The number of hydrogen-bond acceptors (Lipinski definition) is 3. The standard InChI is InChI=1S/C11H20N2O2/c1-4-5-13-7-9(6-12-13)11(15)10(14)8(2)3/h6-8,10-11,14-15H,4-5H2,1-3H3. The van der Waals surface area contributed by atoms with Gasteiger partial charge in [0.1, 0.15) is 6.10 Å². The van der Waals surface area contributed by atoms with E-state index in [0.717, 1.165) is 13.0 Å². The van der Waals surface area contributed by atoms with Gasteiger partial charge in [-0.2, -0.15) is 5.10 Å². The molecule has 2 atom stereocenters. The zero-order chi connectivity index (χ0) is 11.4. The van der Waals surface area contributed by atoms with E-state index in [0.29, 0.717) is 5.56 Å². The minimum atomic E-state index is -0.837. The minimum absolute atomic E-state index is 0.0366. The Hall–Kier alpha value is -0.870. The van der Waals surface area contributed by atoms with Crippen molar-refractivity contribution >= 4 is 0 Å². The van der Waals surface area contributed by atoms with Gasteiger partial charge in [0.25, 0.3) is 0 Å². The van der Waals surface area contributed by atoms with Crippen LogP contribution in [0.25, 0.3) is 0 Å². The Morgan fingerprint density at radius 1 is 1.40 bits per heavy atom. The van der Waals surface area contributed by atoms with Crippen molar-refractivity contribution in [2.24, 2.45) is 5.92 Å². The predicted molar refractivity (Wildman–Crippen MR) is 58.3 cm³/mol. The number of aliphatic hydroxyl groups is 2. The van der Waals surface area contributed by atoms with Crippen molar-refractivity contribution in [3.05, 3.63) is 18.0 Å². The second-order valence-corrected chi connectivity index (χ2v) is 4.22. The fraction of sp³-hybridized carbons (Fsp3) is 0.727. The molecule has 4 nitrogen and oxygen atoms in total. The normalized spacial score (nSPS) is 15.6. The molecular weight excluding hydrogens is 192 g/mol. The highest BCUT2D eigenvalue weighted by Crippen LogP contribution is 2.21. The number of hydrogen-bond donors (Lipinski definition) is 2. The van der Waals surface area contributed by atoms with Gasteiger partial charge in [-0.05, 0) is 12.3 Å². The van der Waals surface area contributed by atoms with Crippen LogP contribution in [-0.4, -0.2) is 26.1 Å². The first-order chi connectivity index (χ1) is 7.06. The van der Waals surface area contributed by atoms with Gasteiger partial charge in [-0.25, -0.2) is 0 Å². The largest absolute Gasteiger partial charge is 0.390 e. The fourth-order valence-electron chi connectivity index (χ4n) is 1.45. The summed E-state index contributed by atoms with van der Waals surface area (Å²) in [5.41, 5.74) is 0.685. The molecule has 0 saturated heterocycles. The van der Waals surface area contributed by atoms with Crippen LogP contribution in [0.1, 0.15) is 38.9 Å². The van der Waals surface area contributed by atoms with Crippen molar-refractivity contribution in [1.29, 1.82) is 0 Å². The van der Waals surface area contributed by atoms with Crippen LogP contribution in [0, 0.1) is 5.92 Å². The van der Waals surface area contributed by atoms with E-state index in [2.05, 4.69) is 12.0 Å². The molecule has 0 fully saturated rings. The summed E-state index contributed by atoms with van der Waals surface area (Å²) in [5, 5.41) is 23.7. The maximum absolute atomic E-state index is 9.84. The molecule has 0 aliphatic carbocycles. The summed E-state index contributed by atoms with van der Waals surface area (Å²) in [7, 11) is 0. The summed E-state index contributed by atoms with van der Waals surface area (Å²) in [5.74, 6) is 0.0366. The molecule has 0 saturated carbocycles. The van der Waals surface area contributed by atoms with Crippen molar-refractivity contribution in [3.63, 3.8) is 0 Å². The lowest BCUT2D eigenvalue weighted by Gasteiger charge is -2.19. The van der Waals surface area contributed by atoms with Gasteiger partial charge in [-0.3, -0.25) is 4.68 Å². The first-order valence-corrected chi connectivity index (χ1v) is 5.44. The van der Waals surface area contributed by atoms with Crippen LogP contribution in [0.2, 0.25) is 0 Å². The third-order valence-electron chi connectivity index (χ3n) is 2.45. The van der Waals surface area contributed by atoms with E-state index in [1.807, 2.05) is 13.8 Å². The van der Waals surface area contributed by atoms with Gasteiger partial charge in [0.2, 0.25) is 0 Å². The lowest BCUT2D eigenvalue weighted by molar-refractivity contribution is -0.00944. The van der Waals surface area contributed by atoms with E-state index in [1.54, 1.807) is 17.1 Å². The van der Waals surface area contributed by atoms with Gasteiger partial charge in [0.15, 0.2) is 0 Å². The van der Waals surface area contributed by atoms with Gasteiger partial charge >= 0.3 is 0 Å². The third kappa shape index (κ3) is 3.04. The molecule has 1 aromatic rings. The predicted octanol–water partition coefficient (Wildman–Crippen LogP) is 1.34. The molecule has 4 heteroatoms. The molecule has 0 aliphatic heterocycles. The molecule has 0 radical (unpaired) electrons. The molecule has 1 heterocycles. The SMILES string of the molecule is CCCn1cc(C(O)C(O)C(C)C)cn1. The maximum Gasteiger partial charge on any atom is 0.108 e. The first kappa shape index (κ1) is 12.2. The highest BCUT2D eigenvalue weighted by Gasteiger charge is 2.22. The summed E-state index contributed by atoms with van der Waals surface area (Å²) in [6.45, 7) is 6.67. The molecule has 15 heavy (non-hydrogen) atoms. The van der Waals surface area contributed by atoms with E-state index >= 15 is 0 Å².